The van der Waals surface area contributed by atoms with Gasteiger partial charge in [0, 0.05) is 7.11 Å². The molecule has 3 nitrogen and oxygen atoms in total. The van der Waals surface area contributed by atoms with Gasteiger partial charge in [-0.1, -0.05) is 24.3 Å². The molecule has 18 heavy (non-hydrogen) atoms. The van der Waals surface area contributed by atoms with Gasteiger partial charge in [-0.25, -0.2) is 0 Å². The van der Waals surface area contributed by atoms with E-state index in [2.05, 4.69) is 18.2 Å². The zero-order chi connectivity index (χ0) is 12.8. The van der Waals surface area contributed by atoms with Crippen LogP contribution in [0.25, 0.3) is 10.8 Å². The molecule has 3 heteroatoms. The van der Waals surface area contributed by atoms with E-state index in [9.17, 15) is 0 Å². The number of aliphatic hydroxyl groups is 1. The smallest absolute Gasteiger partial charge is 0.0718 e. The number of benzene rings is 2. The van der Waals surface area contributed by atoms with Gasteiger partial charge in [0.25, 0.3) is 0 Å². The summed E-state index contributed by atoms with van der Waals surface area (Å²) in [4.78, 5) is 0. The van der Waals surface area contributed by atoms with Crippen LogP contribution >= 0.6 is 0 Å². The standard InChI is InChI=1S/C15H18O3/c1-17-6-7-18-11-13-3-5-14-4-2-12(10-16)8-15(14)9-13/h2-5,8-9,16H,6-7,10-11H2,1H3. The van der Waals surface area contributed by atoms with Crippen molar-refractivity contribution in [1.29, 1.82) is 0 Å². The molecule has 0 radical (unpaired) electrons. The second kappa shape index (κ2) is 6.50. The fraction of sp³-hybridized carbons (Fsp3) is 0.333. The number of methoxy groups -OCH3 is 1. The van der Waals surface area contributed by atoms with Crippen LogP contribution < -0.4 is 0 Å². The zero-order valence-corrected chi connectivity index (χ0v) is 10.6. The summed E-state index contributed by atoms with van der Waals surface area (Å²) >= 11 is 0. The Hall–Kier alpha value is -1.42. The van der Waals surface area contributed by atoms with Crippen LogP contribution in [0.3, 0.4) is 0 Å². The number of hydrogen-bond donors (Lipinski definition) is 1. The van der Waals surface area contributed by atoms with Crippen molar-refractivity contribution >= 4 is 10.8 Å². The molecule has 2 aromatic rings. The van der Waals surface area contributed by atoms with E-state index >= 15 is 0 Å². The quantitative estimate of drug-likeness (QED) is 0.796. The van der Waals surface area contributed by atoms with Crippen molar-refractivity contribution in [3.8, 4) is 0 Å². The minimum Gasteiger partial charge on any atom is -0.392 e. The summed E-state index contributed by atoms with van der Waals surface area (Å²) in [5, 5.41) is 11.4. The molecule has 96 valence electrons. The molecule has 0 saturated heterocycles. The first-order valence-corrected chi connectivity index (χ1v) is 6.02. The molecule has 0 unspecified atom stereocenters. The van der Waals surface area contributed by atoms with Crippen molar-refractivity contribution in [1.82, 2.24) is 0 Å². The number of aliphatic hydroxyl groups excluding tert-OH is 1. The monoisotopic (exact) mass is 246 g/mol. The molecule has 0 bridgehead atoms. The van der Waals surface area contributed by atoms with Crippen molar-refractivity contribution in [2.45, 2.75) is 13.2 Å². The van der Waals surface area contributed by atoms with Gasteiger partial charge in [-0.15, -0.1) is 0 Å². The van der Waals surface area contributed by atoms with Crippen LogP contribution in [0.4, 0.5) is 0 Å². The largest absolute Gasteiger partial charge is 0.392 e. The van der Waals surface area contributed by atoms with E-state index in [0.29, 0.717) is 19.8 Å². The maximum Gasteiger partial charge on any atom is 0.0718 e. The maximum absolute atomic E-state index is 9.13. The molecule has 2 rings (SSSR count). The summed E-state index contributed by atoms with van der Waals surface area (Å²) in [5.41, 5.74) is 2.06. The van der Waals surface area contributed by atoms with E-state index in [4.69, 9.17) is 14.6 Å². The van der Waals surface area contributed by atoms with Gasteiger partial charge in [0.1, 0.15) is 0 Å². The molecule has 0 aliphatic carbocycles. The number of rotatable bonds is 6. The summed E-state index contributed by atoms with van der Waals surface area (Å²) in [6.07, 6.45) is 0. The van der Waals surface area contributed by atoms with Crippen LogP contribution in [-0.4, -0.2) is 25.4 Å². The third-order valence-electron chi connectivity index (χ3n) is 2.85. The van der Waals surface area contributed by atoms with Gasteiger partial charge in [0.05, 0.1) is 26.4 Å². The molecule has 0 aliphatic rings. The molecule has 0 heterocycles. The Labute approximate surface area is 107 Å². The van der Waals surface area contributed by atoms with Crippen LogP contribution in [0, 0.1) is 0 Å². The Morgan fingerprint density at radius 2 is 1.67 bits per heavy atom. The Kier molecular flexibility index (Phi) is 4.70. The lowest BCUT2D eigenvalue weighted by atomic mass is 10.0. The number of fused-ring (bicyclic) bond motifs is 1. The second-order valence-electron chi connectivity index (χ2n) is 4.22. The van der Waals surface area contributed by atoms with Crippen LogP contribution in [0.5, 0.6) is 0 Å². The summed E-state index contributed by atoms with van der Waals surface area (Å²) in [7, 11) is 1.66. The molecule has 2 aromatic carbocycles. The van der Waals surface area contributed by atoms with E-state index in [1.54, 1.807) is 7.11 Å². The topological polar surface area (TPSA) is 38.7 Å². The Morgan fingerprint density at radius 3 is 2.39 bits per heavy atom. The molecule has 0 saturated carbocycles. The van der Waals surface area contributed by atoms with Crippen LogP contribution in [0.15, 0.2) is 36.4 Å². The highest BCUT2D eigenvalue weighted by atomic mass is 16.5. The first kappa shape index (κ1) is 13.0. The fourth-order valence-corrected chi connectivity index (χ4v) is 1.87. The first-order valence-electron chi connectivity index (χ1n) is 6.02. The molecule has 0 atom stereocenters. The van der Waals surface area contributed by atoms with Crippen molar-refractivity contribution in [2.24, 2.45) is 0 Å². The molecule has 0 amide bonds. The Balaban J connectivity index is 2.10. The summed E-state index contributed by atoms with van der Waals surface area (Å²) < 4.78 is 10.4. The van der Waals surface area contributed by atoms with Gasteiger partial charge < -0.3 is 14.6 Å². The lowest BCUT2D eigenvalue weighted by Gasteiger charge is -2.06. The van der Waals surface area contributed by atoms with Gasteiger partial charge in [-0.05, 0) is 34.0 Å². The van der Waals surface area contributed by atoms with Crippen molar-refractivity contribution in [2.75, 3.05) is 20.3 Å². The minimum absolute atomic E-state index is 0.0739. The highest BCUT2D eigenvalue weighted by Gasteiger charge is 1.99. The van der Waals surface area contributed by atoms with Crippen LogP contribution in [-0.2, 0) is 22.7 Å². The molecular formula is C15H18O3. The minimum atomic E-state index is 0.0739. The second-order valence-corrected chi connectivity index (χ2v) is 4.22. The fourth-order valence-electron chi connectivity index (χ4n) is 1.87. The molecule has 0 aliphatic heterocycles. The van der Waals surface area contributed by atoms with Crippen molar-refractivity contribution in [3.05, 3.63) is 47.5 Å². The van der Waals surface area contributed by atoms with Crippen molar-refractivity contribution in [3.63, 3.8) is 0 Å². The Bertz CT molecular complexity index is 508. The van der Waals surface area contributed by atoms with E-state index in [1.165, 1.54) is 5.39 Å². The van der Waals surface area contributed by atoms with E-state index in [-0.39, 0.29) is 6.61 Å². The molecule has 0 aromatic heterocycles. The average Bonchev–Trinajstić information content (AvgIpc) is 2.42. The predicted molar refractivity (Wildman–Crippen MR) is 71.4 cm³/mol. The van der Waals surface area contributed by atoms with E-state index in [1.807, 2.05) is 18.2 Å². The third-order valence-corrected chi connectivity index (χ3v) is 2.85. The maximum atomic E-state index is 9.13. The predicted octanol–water partition coefficient (Wildman–Crippen LogP) is 2.50. The normalized spacial score (nSPS) is 11.0. The lowest BCUT2D eigenvalue weighted by Crippen LogP contribution is -2.01. The third kappa shape index (κ3) is 3.29. The summed E-state index contributed by atoms with van der Waals surface area (Å²) in [6.45, 7) is 1.88. The van der Waals surface area contributed by atoms with Crippen molar-refractivity contribution < 1.29 is 14.6 Å². The first-order chi connectivity index (χ1) is 8.83. The lowest BCUT2D eigenvalue weighted by molar-refractivity contribution is 0.0617. The molecule has 0 fully saturated rings. The van der Waals surface area contributed by atoms with E-state index in [0.717, 1.165) is 16.5 Å². The van der Waals surface area contributed by atoms with Gasteiger partial charge in [0.15, 0.2) is 0 Å². The highest BCUT2D eigenvalue weighted by molar-refractivity contribution is 5.83. The van der Waals surface area contributed by atoms with Gasteiger partial charge in [0.2, 0.25) is 0 Å². The van der Waals surface area contributed by atoms with Crippen LogP contribution in [0.2, 0.25) is 0 Å². The zero-order valence-electron chi connectivity index (χ0n) is 10.6. The average molecular weight is 246 g/mol. The van der Waals surface area contributed by atoms with Gasteiger partial charge in [-0.2, -0.15) is 0 Å². The summed E-state index contributed by atoms with van der Waals surface area (Å²) in [5.74, 6) is 0. The van der Waals surface area contributed by atoms with Gasteiger partial charge in [-0.3, -0.25) is 0 Å². The SMILES string of the molecule is COCCOCc1ccc2ccc(CO)cc2c1. The molecular weight excluding hydrogens is 228 g/mol. The number of hydrogen-bond acceptors (Lipinski definition) is 3. The highest BCUT2D eigenvalue weighted by Crippen LogP contribution is 2.18. The van der Waals surface area contributed by atoms with Gasteiger partial charge >= 0.3 is 0 Å². The molecule has 1 N–H and O–H groups in total. The van der Waals surface area contributed by atoms with E-state index < -0.39 is 0 Å². The van der Waals surface area contributed by atoms with Crippen LogP contribution in [0.1, 0.15) is 11.1 Å². The Morgan fingerprint density at radius 1 is 0.944 bits per heavy atom. The number of ether oxygens (including phenoxy) is 2. The molecule has 0 spiro atoms. The summed E-state index contributed by atoms with van der Waals surface area (Å²) in [6, 6.07) is 12.2.